The summed E-state index contributed by atoms with van der Waals surface area (Å²) in [5.74, 6) is -1.47. The van der Waals surface area contributed by atoms with Crippen LogP contribution >= 0.6 is 0 Å². The van der Waals surface area contributed by atoms with E-state index in [0.29, 0.717) is 30.0 Å². The van der Waals surface area contributed by atoms with Crippen molar-refractivity contribution >= 4 is 43.2 Å². The van der Waals surface area contributed by atoms with Crippen molar-refractivity contribution in [2.45, 2.75) is 38.5 Å². The maximum atomic E-state index is 13.4. The van der Waals surface area contributed by atoms with Crippen LogP contribution in [-0.4, -0.2) is 70.6 Å². The van der Waals surface area contributed by atoms with Crippen LogP contribution in [-0.2, 0) is 24.8 Å². The van der Waals surface area contributed by atoms with E-state index in [9.17, 15) is 26.7 Å². The number of carboxylic acids is 1. The van der Waals surface area contributed by atoms with Crippen LogP contribution in [0.2, 0.25) is 0 Å². The maximum Gasteiger partial charge on any atom is 0.326 e. The van der Waals surface area contributed by atoms with E-state index in [1.54, 1.807) is 20.8 Å². The molecule has 0 saturated heterocycles. The van der Waals surface area contributed by atoms with Gasteiger partial charge in [-0.25, -0.2) is 21.6 Å². The summed E-state index contributed by atoms with van der Waals surface area (Å²) in [4.78, 5) is 12.3. The molecule has 7 N–H and O–H groups in total. The number of carbonyl (C=O) groups is 1. The molecule has 0 aromatic heterocycles. The predicted molar refractivity (Wildman–Crippen MR) is 150 cm³/mol. The van der Waals surface area contributed by atoms with Gasteiger partial charge in [0.1, 0.15) is 5.84 Å². The van der Waals surface area contributed by atoms with Gasteiger partial charge in [0.2, 0.25) is 20.0 Å². The van der Waals surface area contributed by atoms with Gasteiger partial charge in [-0.15, -0.1) is 0 Å². The van der Waals surface area contributed by atoms with E-state index in [0.717, 1.165) is 0 Å². The second-order valence-corrected chi connectivity index (χ2v) is 12.1. The van der Waals surface area contributed by atoms with Crippen LogP contribution in [0.5, 0.6) is 11.5 Å². The Hall–Kier alpha value is -3.56. The molecule has 0 bridgehead atoms. The standard InChI is InChI=1S/C24H35N5O8S2/c1-4-13-38(32,33)27-15-19(28-17-9-7-16(8-10-17)23(25)26)22(24(30)31)39(34,35)29-18-11-12-20(36-5-2)21(14-18)37-6-3/h7-12,14,19,22,27-29H,4-6,13,15H2,1-3H3,(H3,25,26)(H,30,31). The zero-order valence-corrected chi connectivity index (χ0v) is 23.6. The van der Waals surface area contributed by atoms with Crippen molar-refractivity contribution in [3.05, 3.63) is 48.0 Å². The summed E-state index contributed by atoms with van der Waals surface area (Å²) in [6.07, 6.45) is 0.308. The number of aliphatic carboxylic acids is 1. The lowest BCUT2D eigenvalue weighted by Gasteiger charge is -2.27. The molecule has 216 valence electrons. The van der Waals surface area contributed by atoms with Gasteiger partial charge in [-0.3, -0.25) is 14.9 Å². The Morgan fingerprint density at radius 3 is 2.10 bits per heavy atom. The summed E-state index contributed by atoms with van der Waals surface area (Å²) in [5.41, 5.74) is 6.19. The van der Waals surface area contributed by atoms with Crippen LogP contribution in [0.3, 0.4) is 0 Å². The monoisotopic (exact) mass is 585 g/mol. The number of anilines is 2. The van der Waals surface area contributed by atoms with Crippen LogP contribution in [0, 0.1) is 5.41 Å². The number of benzene rings is 2. The molecule has 2 rings (SSSR count). The molecule has 0 amide bonds. The first-order chi connectivity index (χ1) is 18.3. The Labute approximate surface area is 228 Å². The van der Waals surface area contributed by atoms with Gasteiger partial charge in [0, 0.05) is 23.9 Å². The van der Waals surface area contributed by atoms with Crippen molar-refractivity contribution < 1.29 is 36.2 Å². The Bertz CT molecular complexity index is 1350. The number of nitrogen functional groups attached to an aromatic ring is 1. The number of hydrogen-bond acceptors (Lipinski definition) is 9. The predicted octanol–water partition coefficient (Wildman–Crippen LogP) is 1.77. The van der Waals surface area contributed by atoms with Gasteiger partial charge in [0.05, 0.1) is 30.7 Å². The van der Waals surface area contributed by atoms with Gasteiger partial charge in [0.15, 0.2) is 16.7 Å². The highest BCUT2D eigenvalue weighted by Crippen LogP contribution is 2.31. The van der Waals surface area contributed by atoms with Crippen LogP contribution in [0.4, 0.5) is 11.4 Å². The minimum Gasteiger partial charge on any atom is -0.490 e. The van der Waals surface area contributed by atoms with Gasteiger partial charge in [-0.2, -0.15) is 0 Å². The molecule has 0 spiro atoms. The van der Waals surface area contributed by atoms with E-state index in [-0.39, 0.29) is 29.6 Å². The van der Waals surface area contributed by atoms with E-state index in [2.05, 4.69) is 14.8 Å². The molecule has 0 fully saturated rings. The molecular weight excluding hydrogens is 550 g/mol. The summed E-state index contributed by atoms with van der Waals surface area (Å²) >= 11 is 0. The van der Waals surface area contributed by atoms with Crippen molar-refractivity contribution in [3.63, 3.8) is 0 Å². The van der Waals surface area contributed by atoms with Gasteiger partial charge in [-0.1, -0.05) is 6.92 Å². The van der Waals surface area contributed by atoms with Crippen molar-refractivity contribution in [3.8, 4) is 11.5 Å². The lowest BCUT2D eigenvalue weighted by Crippen LogP contribution is -2.52. The van der Waals surface area contributed by atoms with Crippen molar-refractivity contribution in [2.24, 2.45) is 5.73 Å². The number of amidine groups is 1. The summed E-state index contributed by atoms with van der Waals surface area (Å²) in [6, 6.07) is 8.75. The van der Waals surface area contributed by atoms with Gasteiger partial charge in [-0.05, 0) is 56.7 Å². The van der Waals surface area contributed by atoms with Gasteiger partial charge < -0.3 is 25.6 Å². The van der Waals surface area contributed by atoms with Gasteiger partial charge >= 0.3 is 5.97 Å². The third kappa shape index (κ3) is 9.30. The fourth-order valence-electron chi connectivity index (χ4n) is 3.61. The van der Waals surface area contributed by atoms with Crippen molar-refractivity contribution in [1.29, 1.82) is 5.41 Å². The second kappa shape index (κ2) is 14.0. The van der Waals surface area contributed by atoms with Crippen molar-refractivity contribution in [1.82, 2.24) is 4.72 Å². The molecule has 0 aliphatic heterocycles. The summed E-state index contributed by atoms with van der Waals surface area (Å²) in [7, 11) is -8.45. The van der Waals surface area contributed by atoms with Crippen LogP contribution in [0.1, 0.15) is 32.8 Å². The summed E-state index contributed by atoms with van der Waals surface area (Å²) < 4.78 is 67.0. The SMILES string of the molecule is CCCS(=O)(=O)NCC(Nc1ccc(C(=N)N)cc1)C(C(=O)O)S(=O)(=O)Nc1ccc(OCC)c(OCC)c1. The van der Waals surface area contributed by atoms with Crippen LogP contribution in [0.15, 0.2) is 42.5 Å². The van der Waals surface area contributed by atoms with Gasteiger partial charge in [0.25, 0.3) is 0 Å². The molecular formula is C24H35N5O8S2. The third-order valence-corrected chi connectivity index (χ3v) is 8.56. The Balaban J connectivity index is 2.45. The molecule has 39 heavy (non-hydrogen) atoms. The minimum absolute atomic E-state index is 0.0317. The molecule has 0 saturated carbocycles. The molecule has 2 unspecified atom stereocenters. The zero-order valence-electron chi connectivity index (χ0n) is 21.9. The summed E-state index contributed by atoms with van der Waals surface area (Å²) in [6.45, 7) is 5.27. The molecule has 2 aromatic rings. The molecule has 0 radical (unpaired) electrons. The molecule has 0 aliphatic carbocycles. The highest BCUT2D eigenvalue weighted by Gasteiger charge is 2.41. The average Bonchev–Trinajstić information content (AvgIpc) is 2.84. The molecule has 2 aromatic carbocycles. The number of nitrogens with one attached hydrogen (secondary N) is 4. The van der Waals surface area contributed by atoms with Crippen LogP contribution in [0.25, 0.3) is 0 Å². The van der Waals surface area contributed by atoms with E-state index in [1.165, 1.54) is 42.5 Å². The second-order valence-electron chi connectivity index (χ2n) is 8.34. The largest absolute Gasteiger partial charge is 0.490 e. The normalized spacial score (nSPS) is 13.2. The molecule has 2 atom stereocenters. The number of hydrogen-bond donors (Lipinski definition) is 6. The highest BCUT2D eigenvalue weighted by molar-refractivity contribution is 7.94. The number of carboxylic acid groups (broad SMARTS) is 1. The van der Waals surface area contributed by atoms with E-state index in [1.807, 2.05) is 0 Å². The molecule has 0 aliphatic rings. The Morgan fingerprint density at radius 2 is 1.56 bits per heavy atom. The Kier molecular flexibility index (Phi) is 11.4. The average molecular weight is 586 g/mol. The number of nitrogens with two attached hydrogens (primary N) is 1. The number of sulfonamides is 2. The van der Waals surface area contributed by atoms with E-state index in [4.69, 9.17) is 20.6 Å². The first kappa shape index (κ1) is 31.7. The van der Waals surface area contributed by atoms with Crippen molar-refractivity contribution in [2.75, 3.05) is 35.6 Å². The number of rotatable bonds is 17. The first-order valence-electron chi connectivity index (χ1n) is 12.2. The summed E-state index contributed by atoms with van der Waals surface area (Å²) in [5, 5.41) is 18.2. The van der Waals surface area contributed by atoms with Crippen LogP contribution < -0.4 is 30.0 Å². The topological polar surface area (TPSA) is 210 Å². The number of ether oxygens (including phenoxy) is 2. The smallest absolute Gasteiger partial charge is 0.326 e. The minimum atomic E-state index is -4.65. The highest BCUT2D eigenvalue weighted by atomic mass is 32.2. The molecule has 15 heteroatoms. The molecule has 0 heterocycles. The fraction of sp³-hybridized carbons (Fsp3) is 0.417. The third-order valence-electron chi connectivity index (χ3n) is 5.29. The van der Waals surface area contributed by atoms with E-state index >= 15 is 0 Å². The maximum absolute atomic E-state index is 13.4. The molecule has 13 nitrogen and oxygen atoms in total. The lowest BCUT2D eigenvalue weighted by molar-refractivity contribution is -0.136. The van der Waals surface area contributed by atoms with E-state index < -0.39 is 43.9 Å². The zero-order chi connectivity index (χ0) is 29.2. The quantitative estimate of drug-likeness (QED) is 0.117. The fourth-order valence-corrected chi connectivity index (χ4v) is 6.17. The Morgan fingerprint density at radius 1 is 0.974 bits per heavy atom. The lowest BCUT2D eigenvalue weighted by atomic mass is 10.1. The first-order valence-corrected chi connectivity index (χ1v) is 15.4.